The second kappa shape index (κ2) is 12.2. The smallest absolute Gasteiger partial charge is 0.261 e. The third-order valence-corrected chi connectivity index (χ3v) is 10.4. The minimum atomic E-state index is -3.68. The molecule has 0 amide bonds. The van der Waals surface area contributed by atoms with Gasteiger partial charge in [-0.15, -0.1) is 0 Å². The van der Waals surface area contributed by atoms with Crippen LogP contribution in [0.15, 0.2) is 53.7 Å². The summed E-state index contributed by atoms with van der Waals surface area (Å²) in [5, 5.41) is 0. The van der Waals surface area contributed by atoms with Gasteiger partial charge in [-0.05, 0) is 79.5 Å². The highest BCUT2D eigenvalue weighted by Gasteiger charge is 2.26. The van der Waals surface area contributed by atoms with E-state index in [1.54, 1.807) is 6.07 Å². The van der Waals surface area contributed by atoms with Crippen LogP contribution in [0.2, 0.25) is 0 Å². The quantitative estimate of drug-likeness (QED) is 0.286. The summed E-state index contributed by atoms with van der Waals surface area (Å²) in [5.74, 6) is 0.908. The van der Waals surface area contributed by atoms with Crippen LogP contribution in [0, 0.1) is 12.8 Å². The first-order chi connectivity index (χ1) is 19.5. The number of fused-ring (bicyclic) bond motifs is 1. The first kappa shape index (κ1) is 29.7. The number of nitrogens with zero attached hydrogens (tertiary/aromatic N) is 3. The SMILES string of the molecule is Cc1cc(CCCC2CCCC2)ccc1NS(=O)(=O)c1ccc2c(c1)CCN(C(C)c1cnc(C(C)(C)C)cn1)C2. The topological polar surface area (TPSA) is 75.2 Å². The van der Waals surface area contributed by atoms with Gasteiger partial charge in [-0.3, -0.25) is 19.6 Å². The monoisotopic (exact) mass is 574 g/mol. The van der Waals surface area contributed by atoms with E-state index in [1.165, 1.54) is 49.7 Å². The number of anilines is 1. The number of hydrogen-bond donors (Lipinski definition) is 1. The molecule has 0 radical (unpaired) electrons. The molecule has 220 valence electrons. The average molecular weight is 575 g/mol. The van der Waals surface area contributed by atoms with E-state index < -0.39 is 10.0 Å². The Hall–Kier alpha value is -2.77. The Morgan fingerprint density at radius 1 is 1.02 bits per heavy atom. The second-order valence-corrected chi connectivity index (χ2v) is 14.9. The molecule has 5 rings (SSSR count). The number of sulfonamides is 1. The standard InChI is InChI=1S/C34H46N4O2S/c1-24-19-27(12-8-11-26-9-6-7-10-26)13-16-31(24)37-41(39,40)30-15-14-29-23-38(18-17-28(29)20-30)25(2)32-21-36-33(22-35-32)34(3,4)5/h13-16,19-22,25-26,37H,6-12,17-18,23H2,1-5H3. The summed E-state index contributed by atoms with van der Waals surface area (Å²) < 4.78 is 29.6. The molecular formula is C34H46N4O2S. The molecule has 2 heterocycles. The van der Waals surface area contributed by atoms with E-state index >= 15 is 0 Å². The number of benzene rings is 2. The summed E-state index contributed by atoms with van der Waals surface area (Å²) in [6, 6.07) is 11.8. The Balaban J connectivity index is 1.21. The molecule has 1 N–H and O–H groups in total. The molecule has 1 unspecified atom stereocenters. The average Bonchev–Trinajstić information content (AvgIpc) is 3.47. The van der Waals surface area contributed by atoms with Crippen LogP contribution in [0.25, 0.3) is 0 Å². The number of rotatable bonds is 9. The molecule has 1 fully saturated rings. The van der Waals surface area contributed by atoms with Crippen LogP contribution in [0.4, 0.5) is 5.69 Å². The maximum Gasteiger partial charge on any atom is 0.261 e. The lowest BCUT2D eigenvalue weighted by Gasteiger charge is -2.33. The van der Waals surface area contributed by atoms with Crippen LogP contribution in [0.1, 0.15) is 106 Å². The van der Waals surface area contributed by atoms with E-state index in [9.17, 15) is 8.42 Å². The molecule has 41 heavy (non-hydrogen) atoms. The Bertz CT molecular complexity index is 1460. The Morgan fingerprint density at radius 2 is 1.80 bits per heavy atom. The lowest BCUT2D eigenvalue weighted by Crippen LogP contribution is -2.33. The van der Waals surface area contributed by atoms with Crippen molar-refractivity contribution < 1.29 is 8.42 Å². The van der Waals surface area contributed by atoms with Gasteiger partial charge in [0, 0.05) is 24.7 Å². The van der Waals surface area contributed by atoms with Crippen LogP contribution < -0.4 is 4.72 Å². The first-order valence-corrected chi connectivity index (χ1v) is 16.8. The molecule has 1 aliphatic heterocycles. The minimum absolute atomic E-state index is 0.0257. The van der Waals surface area contributed by atoms with Gasteiger partial charge < -0.3 is 0 Å². The van der Waals surface area contributed by atoms with Gasteiger partial charge in [0.1, 0.15) is 0 Å². The molecule has 1 aliphatic carbocycles. The Morgan fingerprint density at radius 3 is 2.49 bits per heavy atom. The van der Waals surface area contributed by atoms with E-state index in [-0.39, 0.29) is 11.5 Å². The molecule has 3 aromatic rings. The van der Waals surface area contributed by atoms with Gasteiger partial charge in [-0.1, -0.05) is 71.1 Å². The Labute approximate surface area is 247 Å². The van der Waals surface area contributed by atoms with Gasteiger partial charge >= 0.3 is 0 Å². The molecule has 7 heteroatoms. The normalized spacial score (nSPS) is 17.4. The highest BCUT2D eigenvalue weighted by atomic mass is 32.2. The Kier molecular flexibility index (Phi) is 8.86. The third-order valence-electron chi connectivity index (χ3n) is 9.03. The summed E-state index contributed by atoms with van der Waals surface area (Å²) in [5.41, 5.74) is 7.09. The molecule has 6 nitrogen and oxygen atoms in total. The van der Waals surface area contributed by atoms with Crippen molar-refractivity contribution in [3.05, 3.63) is 82.4 Å². The van der Waals surface area contributed by atoms with Crippen LogP contribution in [-0.4, -0.2) is 29.8 Å². The van der Waals surface area contributed by atoms with E-state index in [1.807, 2.05) is 37.5 Å². The molecule has 2 aromatic carbocycles. The fraction of sp³-hybridized carbons (Fsp3) is 0.529. The van der Waals surface area contributed by atoms with Gasteiger partial charge in [0.05, 0.1) is 34.2 Å². The van der Waals surface area contributed by atoms with Crippen molar-refractivity contribution in [1.82, 2.24) is 14.9 Å². The zero-order valence-corrected chi connectivity index (χ0v) is 26.2. The van der Waals surface area contributed by atoms with Crippen LogP contribution in [0.3, 0.4) is 0 Å². The van der Waals surface area contributed by atoms with Gasteiger partial charge in [0.15, 0.2) is 0 Å². The number of aryl methyl sites for hydroxylation is 2. The van der Waals surface area contributed by atoms with Crippen molar-refractivity contribution in [2.24, 2.45) is 5.92 Å². The number of aromatic nitrogens is 2. The van der Waals surface area contributed by atoms with Crippen molar-refractivity contribution in [2.45, 2.75) is 109 Å². The van der Waals surface area contributed by atoms with Gasteiger partial charge in [0.2, 0.25) is 0 Å². The second-order valence-electron chi connectivity index (χ2n) is 13.2. The van der Waals surface area contributed by atoms with Crippen molar-refractivity contribution in [3.8, 4) is 0 Å². The zero-order chi connectivity index (χ0) is 29.2. The maximum atomic E-state index is 13.4. The molecule has 0 spiro atoms. The minimum Gasteiger partial charge on any atom is -0.290 e. The number of nitrogens with one attached hydrogen (secondary N) is 1. The lowest BCUT2D eigenvalue weighted by atomic mass is 9.92. The lowest BCUT2D eigenvalue weighted by molar-refractivity contribution is 0.188. The maximum absolute atomic E-state index is 13.4. The van der Waals surface area contributed by atoms with Crippen molar-refractivity contribution in [2.75, 3.05) is 11.3 Å². The molecule has 1 aromatic heterocycles. The van der Waals surface area contributed by atoms with Crippen LogP contribution in [0.5, 0.6) is 0 Å². The first-order valence-electron chi connectivity index (χ1n) is 15.3. The fourth-order valence-electron chi connectivity index (χ4n) is 6.27. The summed E-state index contributed by atoms with van der Waals surface area (Å²) in [7, 11) is -3.68. The predicted octanol–water partition coefficient (Wildman–Crippen LogP) is 7.52. The highest BCUT2D eigenvalue weighted by molar-refractivity contribution is 7.92. The molecule has 1 atom stereocenters. The van der Waals surface area contributed by atoms with Gasteiger partial charge in [0.25, 0.3) is 10.0 Å². The number of hydrogen-bond acceptors (Lipinski definition) is 5. The van der Waals surface area contributed by atoms with Crippen molar-refractivity contribution >= 4 is 15.7 Å². The third kappa shape index (κ3) is 7.18. The molecular weight excluding hydrogens is 528 g/mol. The van der Waals surface area contributed by atoms with Gasteiger partial charge in [-0.25, -0.2) is 8.42 Å². The van der Waals surface area contributed by atoms with E-state index in [0.29, 0.717) is 10.6 Å². The van der Waals surface area contributed by atoms with Crippen molar-refractivity contribution in [1.29, 1.82) is 0 Å². The fourth-order valence-corrected chi connectivity index (χ4v) is 7.45. The van der Waals surface area contributed by atoms with E-state index in [2.05, 4.69) is 54.4 Å². The van der Waals surface area contributed by atoms with E-state index in [4.69, 9.17) is 4.98 Å². The summed E-state index contributed by atoms with van der Waals surface area (Å²) in [4.78, 5) is 12.1. The summed E-state index contributed by atoms with van der Waals surface area (Å²) in [6.45, 7) is 12.2. The van der Waals surface area contributed by atoms with Gasteiger partial charge in [-0.2, -0.15) is 0 Å². The zero-order valence-electron chi connectivity index (χ0n) is 25.4. The van der Waals surface area contributed by atoms with E-state index in [0.717, 1.165) is 54.4 Å². The van der Waals surface area contributed by atoms with Crippen molar-refractivity contribution in [3.63, 3.8) is 0 Å². The molecule has 0 saturated heterocycles. The van der Waals surface area contributed by atoms with Crippen LogP contribution >= 0.6 is 0 Å². The largest absolute Gasteiger partial charge is 0.290 e. The predicted molar refractivity (Wildman–Crippen MR) is 167 cm³/mol. The highest BCUT2D eigenvalue weighted by Crippen LogP contribution is 2.31. The van der Waals surface area contributed by atoms with Crippen LogP contribution in [-0.2, 0) is 34.8 Å². The summed E-state index contributed by atoms with van der Waals surface area (Å²) >= 11 is 0. The summed E-state index contributed by atoms with van der Waals surface area (Å²) in [6.07, 6.45) is 13.7. The molecule has 0 bridgehead atoms. The molecule has 1 saturated carbocycles. The molecule has 2 aliphatic rings.